The van der Waals surface area contributed by atoms with E-state index in [9.17, 15) is 4.21 Å². The van der Waals surface area contributed by atoms with E-state index in [-0.39, 0.29) is 0 Å². The normalized spacial score (nSPS) is 12.4. The highest BCUT2D eigenvalue weighted by atomic mass is 35.5. The van der Waals surface area contributed by atoms with Crippen LogP contribution < -0.4 is 5.32 Å². The lowest BCUT2D eigenvalue weighted by molar-refractivity contribution is 0.684. The van der Waals surface area contributed by atoms with Gasteiger partial charge in [0.15, 0.2) is 0 Å². The maximum Gasteiger partial charge on any atom is 0.137 e. The minimum Gasteiger partial charge on any atom is -0.369 e. The van der Waals surface area contributed by atoms with Gasteiger partial charge in [0, 0.05) is 34.4 Å². The molecule has 0 radical (unpaired) electrons. The second-order valence-corrected chi connectivity index (χ2v) is 5.82. The molecule has 0 aliphatic heterocycles. The van der Waals surface area contributed by atoms with Crippen LogP contribution in [-0.2, 0) is 17.2 Å². The summed E-state index contributed by atoms with van der Waals surface area (Å²) in [5.74, 6) is 2.08. The Labute approximate surface area is 110 Å². The van der Waals surface area contributed by atoms with Gasteiger partial charge in [0.25, 0.3) is 0 Å². The van der Waals surface area contributed by atoms with E-state index in [1.807, 2.05) is 6.92 Å². The van der Waals surface area contributed by atoms with Gasteiger partial charge in [0.2, 0.25) is 0 Å². The highest BCUT2D eigenvalue weighted by Gasteiger charge is 2.08. The van der Waals surface area contributed by atoms with Crippen LogP contribution in [0.25, 0.3) is 0 Å². The van der Waals surface area contributed by atoms with Crippen molar-refractivity contribution in [2.45, 2.75) is 26.7 Å². The third-order valence-electron chi connectivity index (χ3n) is 2.34. The molecular weight excluding hydrogens is 258 g/mol. The molecule has 0 fully saturated rings. The first-order valence-corrected chi connectivity index (χ1v) is 7.63. The number of nitrogens with zero attached hydrogens (tertiary/aromatic N) is 2. The third kappa shape index (κ3) is 4.60. The average molecular weight is 276 g/mol. The summed E-state index contributed by atoms with van der Waals surface area (Å²) in [6.07, 6.45) is 3.28. The number of nitrogens with one attached hydrogen (secondary N) is 1. The van der Waals surface area contributed by atoms with Crippen LogP contribution in [-0.4, -0.2) is 32.2 Å². The molecule has 1 unspecified atom stereocenters. The number of hydrogen-bond acceptors (Lipinski definition) is 4. The molecule has 0 amide bonds. The molecule has 1 rings (SSSR count). The molecule has 0 saturated carbocycles. The zero-order chi connectivity index (χ0) is 12.7. The molecule has 4 nitrogen and oxygen atoms in total. The van der Waals surface area contributed by atoms with Crippen molar-refractivity contribution >= 4 is 28.2 Å². The lowest BCUT2D eigenvalue weighted by Crippen LogP contribution is -2.14. The van der Waals surface area contributed by atoms with E-state index in [2.05, 4.69) is 22.2 Å². The summed E-state index contributed by atoms with van der Waals surface area (Å²) in [5.41, 5.74) is 0.943. The van der Waals surface area contributed by atoms with Crippen LogP contribution in [0.5, 0.6) is 0 Å². The highest BCUT2D eigenvalue weighted by molar-refractivity contribution is 7.84. The van der Waals surface area contributed by atoms with Crippen LogP contribution >= 0.6 is 11.6 Å². The van der Waals surface area contributed by atoms with Crippen molar-refractivity contribution in [1.82, 2.24) is 9.97 Å². The van der Waals surface area contributed by atoms with Crippen molar-refractivity contribution in [1.29, 1.82) is 0 Å². The molecule has 0 spiro atoms. The van der Waals surface area contributed by atoms with E-state index < -0.39 is 10.8 Å². The second kappa shape index (κ2) is 7.61. The summed E-state index contributed by atoms with van der Waals surface area (Å²) in [6, 6.07) is 0. The summed E-state index contributed by atoms with van der Waals surface area (Å²) in [6.45, 7) is 4.64. The van der Waals surface area contributed by atoms with Crippen LogP contribution in [0.4, 0.5) is 5.82 Å². The summed E-state index contributed by atoms with van der Waals surface area (Å²) in [7, 11) is -0.755. The van der Waals surface area contributed by atoms with Gasteiger partial charge < -0.3 is 5.32 Å². The molecule has 0 aromatic carbocycles. The SMILES string of the molecule is CCCc1c(Cl)ncnc1NCCS(=O)CC. The maximum absolute atomic E-state index is 11.3. The summed E-state index contributed by atoms with van der Waals surface area (Å²) in [5, 5.41) is 3.68. The number of hydrogen-bond donors (Lipinski definition) is 1. The summed E-state index contributed by atoms with van der Waals surface area (Å²) >= 11 is 6.03. The van der Waals surface area contributed by atoms with E-state index >= 15 is 0 Å². The lowest BCUT2D eigenvalue weighted by atomic mass is 10.2. The molecule has 1 aromatic rings. The van der Waals surface area contributed by atoms with Crippen LogP contribution in [0.3, 0.4) is 0 Å². The Morgan fingerprint density at radius 2 is 2.18 bits per heavy atom. The zero-order valence-corrected chi connectivity index (χ0v) is 11.8. The molecule has 1 N–H and O–H groups in total. The van der Waals surface area contributed by atoms with Crippen molar-refractivity contribution in [3.05, 3.63) is 17.0 Å². The van der Waals surface area contributed by atoms with Crippen molar-refractivity contribution in [2.24, 2.45) is 0 Å². The molecule has 6 heteroatoms. The van der Waals surface area contributed by atoms with E-state index in [1.54, 1.807) is 0 Å². The molecule has 0 aliphatic rings. The van der Waals surface area contributed by atoms with Crippen LogP contribution in [0.15, 0.2) is 6.33 Å². The number of anilines is 1. The molecular formula is C11H18ClN3OS. The first-order chi connectivity index (χ1) is 8.19. The van der Waals surface area contributed by atoms with Crippen LogP contribution in [0, 0.1) is 0 Å². The van der Waals surface area contributed by atoms with Crippen LogP contribution in [0.1, 0.15) is 25.8 Å². The Morgan fingerprint density at radius 3 is 2.82 bits per heavy atom. The predicted molar refractivity (Wildman–Crippen MR) is 73.1 cm³/mol. The monoisotopic (exact) mass is 275 g/mol. The van der Waals surface area contributed by atoms with Gasteiger partial charge >= 0.3 is 0 Å². The van der Waals surface area contributed by atoms with E-state index in [4.69, 9.17) is 11.6 Å². The molecule has 1 heterocycles. The van der Waals surface area contributed by atoms with Crippen molar-refractivity contribution in [2.75, 3.05) is 23.4 Å². The molecule has 1 atom stereocenters. The minimum atomic E-state index is -0.755. The Kier molecular flexibility index (Phi) is 6.44. The molecule has 0 saturated heterocycles. The van der Waals surface area contributed by atoms with Gasteiger partial charge in [-0.15, -0.1) is 0 Å². The van der Waals surface area contributed by atoms with Gasteiger partial charge in [0.1, 0.15) is 17.3 Å². The molecule has 96 valence electrons. The lowest BCUT2D eigenvalue weighted by Gasteiger charge is -2.10. The smallest absolute Gasteiger partial charge is 0.137 e. The second-order valence-electron chi connectivity index (χ2n) is 3.60. The number of rotatable bonds is 7. The first-order valence-electron chi connectivity index (χ1n) is 5.77. The first kappa shape index (κ1) is 14.4. The summed E-state index contributed by atoms with van der Waals surface area (Å²) < 4.78 is 11.3. The fourth-order valence-electron chi connectivity index (χ4n) is 1.44. The Bertz CT molecular complexity index is 387. The third-order valence-corrected chi connectivity index (χ3v) is 3.97. The quantitative estimate of drug-likeness (QED) is 0.776. The molecule has 0 bridgehead atoms. The Hall–Kier alpha value is -0.680. The zero-order valence-electron chi connectivity index (χ0n) is 10.2. The largest absolute Gasteiger partial charge is 0.369 e. The van der Waals surface area contributed by atoms with Gasteiger partial charge in [-0.25, -0.2) is 9.97 Å². The van der Waals surface area contributed by atoms with Gasteiger partial charge in [0.05, 0.1) is 0 Å². The number of aromatic nitrogens is 2. The minimum absolute atomic E-state index is 0.501. The topological polar surface area (TPSA) is 54.9 Å². The van der Waals surface area contributed by atoms with Crippen molar-refractivity contribution in [3.8, 4) is 0 Å². The number of halogens is 1. The predicted octanol–water partition coefficient (Wildman–Crippen LogP) is 2.26. The van der Waals surface area contributed by atoms with Gasteiger partial charge in [-0.2, -0.15) is 0 Å². The van der Waals surface area contributed by atoms with Crippen LogP contribution in [0.2, 0.25) is 5.15 Å². The average Bonchev–Trinajstić information content (AvgIpc) is 2.33. The standard InChI is InChI=1S/C11H18ClN3OS/c1-3-5-9-10(12)14-8-15-11(9)13-6-7-17(16)4-2/h8H,3-7H2,1-2H3,(H,13,14,15). The Morgan fingerprint density at radius 1 is 1.41 bits per heavy atom. The maximum atomic E-state index is 11.3. The van der Waals surface area contributed by atoms with Crippen molar-refractivity contribution < 1.29 is 4.21 Å². The highest BCUT2D eigenvalue weighted by Crippen LogP contribution is 2.21. The van der Waals surface area contributed by atoms with E-state index in [0.29, 0.717) is 23.2 Å². The fraction of sp³-hybridized carbons (Fsp3) is 0.636. The van der Waals surface area contributed by atoms with E-state index in [0.717, 1.165) is 24.2 Å². The van der Waals surface area contributed by atoms with E-state index in [1.165, 1.54) is 6.33 Å². The van der Waals surface area contributed by atoms with Crippen molar-refractivity contribution in [3.63, 3.8) is 0 Å². The molecule has 0 aliphatic carbocycles. The summed E-state index contributed by atoms with van der Waals surface area (Å²) in [4.78, 5) is 8.15. The van der Waals surface area contributed by atoms with Gasteiger partial charge in [-0.05, 0) is 6.42 Å². The molecule has 1 aromatic heterocycles. The fourth-order valence-corrected chi connectivity index (χ4v) is 2.29. The molecule has 17 heavy (non-hydrogen) atoms. The van der Waals surface area contributed by atoms with Gasteiger partial charge in [-0.1, -0.05) is 31.9 Å². The van der Waals surface area contributed by atoms with Gasteiger partial charge in [-0.3, -0.25) is 4.21 Å². The Balaban J connectivity index is 2.63.